The lowest BCUT2D eigenvalue weighted by atomic mass is 9.99. The molecule has 6 N–H and O–H groups in total. The van der Waals surface area contributed by atoms with Gasteiger partial charge in [-0.25, -0.2) is 0 Å². The maximum Gasteiger partial charge on any atom is 0.310 e. The van der Waals surface area contributed by atoms with Gasteiger partial charge in [-0.2, -0.15) is 0 Å². The summed E-state index contributed by atoms with van der Waals surface area (Å²) in [6.07, 6.45) is -8.89. The molecule has 0 radical (unpaired) electrons. The molecule has 8 nitrogen and oxygen atoms in total. The van der Waals surface area contributed by atoms with Gasteiger partial charge in [-0.15, -0.1) is 0 Å². The zero-order valence-corrected chi connectivity index (χ0v) is 8.22. The molecular weight excluding hydrogens is 224 g/mol. The number of hydrogen-bond acceptors (Lipinski definition) is 7. The summed E-state index contributed by atoms with van der Waals surface area (Å²) in [5.41, 5.74) is 0. The van der Waals surface area contributed by atoms with Crippen LogP contribution in [-0.4, -0.2) is 73.4 Å². The Balaban J connectivity index is 4.42. The summed E-state index contributed by atoms with van der Waals surface area (Å²) >= 11 is 0. The number of aliphatic carboxylic acids is 1. The highest BCUT2D eigenvalue weighted by molar-refractivity contribution is 5.97. The first-order valence-corrected chi connectivity index (χ1v) is 4.38. The number of aliphatic hydroxyl groups excluding tert-OH is 5. The van der Waals surface area contributed by atoms with Crippen molar-refractivity contribution in [3.63, 3.8) is 0 Å². The van der Waals surface area contributed by atoms with E-state index >= 15 is 0 Å². The minimum Gasteiger partial charge on any atom is -0.481 e. The number of carboxylic acid groups (broad SMARTS) is 1. The Morgan fingerprint density at radius 1 is 1.00 bits per heavy atom. The van der Waals surface area contributed by atoms with Gasteiger partial charge in [0.1, 0.15) is 30.8 Å². The second kappa shape index (κ2) is 6.51. The average molecular weight is 238 g/mol. The molecule has 0 bridgehead atoms. The van der Waals surface area contributed by atoms with E-state index in [0.717, 1.165) is 0 Å². The Kier molecular flexibility index (Phi) is 6.08. The monoisotopic (exact) mass is 238 g/mol. The number of hydrogen-bond donors (Lipinski definition) is 6. The molecule has 16 heavy (non-hydrogen) atoms. The SMILES string of the molecule is O=C(O)CC(=O)C(O)C(O)C(O)C(O)CO. The van der Waals surface area contributed by atoms with Gasteiger partial charge in [0.2, 0.25) is 0 Å². The van der Waals surface area contributed by atoms with E-state index in [2.05, 4.69) is 0 Å². The molecule has 4 unspecified atom stereocenters. The molecule has 0 aliphatic rings. The van der Waals surface area contributed by atoms with Crippen LogP contribution in [0.2, 0.25) is 0 Å². The molecule has 0 aromatic rings. The van der Waals surface area contributed by atoms with Crippen molar-refractivity contribution in [3.05, 3.63) is 0 Å². The third-order valence-electron chi connectivity index (χ3n) is 1.91. The van der Waals surface area contributed by atoms with E-state index in [9.17, 15) is 14.7 Å². The highest BCUT2D eigenvalue weighted by Gasteiger charge is 2.34. The highest BCUT2D eigenvalue weighted by atomic mass is 16.4. The van der Waals surface area contributed by atoms with E-state index in [1.165, 1.54) is 0 Å². The van der Waals surface area contributed by atoms with Gasteiger partial charge in [0.25, 0.3) is 0 Å². The average Bonchev–Trinajstić information content (AvgIpc) is 2.23. The Hall–Kier alpha value is -1.06. The van der Waals surface area contributed by atoms with Crippen LogP contribution in [0, 0.1) is 0 Å². The molecule has 0 amide bonds. The van der Waals surface area contributed by atoms with E-state index in [4.69, 9.17) is 25.5 Å². The van der Waals surface area contributed by atoms with Gasteiger partial charge in [-0.1, -0.05) is 0 Å². The second-order valence-electron chi connectivity index (χ2n) is 3.21. The van der Waals surface area contributed by atoms with Gasteiger partial charge >= 0.3 is 5.97 Å². The maximum atomic E-state index is 11.0. The molecule has 0 spiro atoms. The third kappa shape index (κ3) is 4.21. The van der Waals surface area contributed by atoms with Crippen molar-refractivity contribution in [2.45, 2.75) is 30.8 Å². The summed E-state index contributed by atoms with van der Waals surface area (Å²) in [6.45, 7) is -0.877. The molecule has 0 heterocycles. The minimum absolute atomic E-state index is 0.877. The summed E-state index contributed by atoms with van der Waals surface area (Å²) in [5.74, 6) is -2.70. The van der Waals surface area contributed by atoms with Gasteiger partial charge in [-0.3, -0.25) is 9.59 Å². The fourth-order valence-corrected chi connectivity index (χ4v) is 0.966. The van der Waals surface area contributed by atoms with Crippen molar-refractivity contribution in [3.8, 4) is 0 Å². The van der Waals surface area contributed by atoms with Gasteiger partial charge < -0.3 is 30.6 Å². The first-order valence-electron chi connectivity index (χ1n) is 4.38. The van der Waals surface area contributed by atoms with Crippen LogP contribution in [0.4, 0.5) is 0 Å². The Morgan fingerprint density at radius 3 is 1.88 bits per heavy atom. The van der Waals surface area contributed by atoms with Crippen LogP contribution in [-0.2, 0) is 9.59 Å². The fourth-order valence-electron chi connectivity index (χ4n) is 0.966. The number of aliphatic hydroxyl groups is 5. The Bertz CT molecular complexity index is 252. The first-order chi connectivity index (χ1) is 7.31. The second-order valence-corrected chi connectivity index (χ2v) is 3.21. The lowest BCUT2D eigenvalue weighted by molar-refractivity contribution is -0.152. The summed E-state index contributed by atoms with van der Waals surface area (Å²) in [5, 5.41) is 53.0. The molecule has 0 aromatic heterocycles. The van der Waals surface area contributed by atoms with Crippen molar-refractivity contribution in [1.82, 2.24) is 0 Å². The van der Waals surface area contributed by atoms with Crippen molar-refractivity contribution in [2.75, 3.05) is 6.61 Å². The van der Waals surface area contributed by atoms with Crippen LogP contribution in [0.15, 0.2) is 0 Å². The number of rotatable bonds is 7. The number of carboxylic acids is 1. The normalized spacial score (nSPS) is 18.6. The van der Waals surface area contributed by atoms with Crippen LogP contribution < -0.4 is 0 Å². The van der Waals surface area contributed by atoms with Gasteiger partial charge in [0.05, 0.1) is 6.61 Å². The number of Topliss-reactive ketones (excluding diaryl/α,β-unsaturated/α-hetero) is 1. The quantitative estimate of drug-likeness (QED) is 0.249. The van der Waals surface area contributed by atoms with Gasteiger partial charge in [0.15, 0.2) is 5.78 Å². The molecule has 0 aliphatic heterocycles. The van der Waals surface area contributed by atoms with Crippen molar-refractivity contribution in [2.24, 2.45) is 0 Å². The number of carbonyl (C=O) groups is 2. The van der Waals surface area contributed by atoms with Crippen molar-refractivity contribution >= 4 is 11.8 Å². The highest BCUT2D eigenvalue weighted by Crippen LogP contribution is 2.07. The van der Waals surface area contributed by atoms with E-state index in [0.29, 0.717) is 0 Å². The van der Waals surface area contributed by atoms with Crippen LogP contribution in [0.3, 0.4) is 0 Å². The van der Waals surface area contributed by atoms with E-state index < -0.39 is 49.2 Å². The summed E-state index contributed by atoms with van der Waals surface area (Å²) < 4.78 is 0. The van der Waals surface area contributed by atoms with Crippen LogP contribution in [0.25, 0.3) is 0 Å². The topological polar surface area (TPSA) is 156 Å². The third-order valence-corrected chi connectivity index (χ3v) is 1.91. The predicted molar refractivity (Wildman–Crippen MR) is 48.4 cm³/mol. The van der Waals surface area contributed by atoms with Crippen molar-refractivity contribution < 1.29 is 40.2 Å². The lowest BCUT2D eigenvalue weighted by Gasteiger charge is -2.24. The van der Waals surface area contributed by atoms with E-state index in [1.54, 1.807) is 0 Å². The Morgan fingerprint density at radius 2 is 1.50 bits per heavy atom. The largest absolute Gasteiger partial charge is 0.481 e. The molecular formula is C8H14O8. The van der Waals surface area contributed by atoms with Gasteiger partial charge in [-0.05, 0) is 0 Å². The molecule has 8 heteroatoms. The first kappa shape index (κ1) is 14.9. The molecule has 0 saturated heterocycles. The van der Waals surface area contributed by atoms with Crippen molar-refractivity contribution in [1.29, 1.82) is 0 Å². The lowest BCUT2D eigenvalue weighted by Crippen LogP contribution is -2.48. The van der Waals surface area contributed by atoms with Crippen LogP contribution >= 0.6 is 0 Å². The maximum absolute atomic E-state index is 11.0. The number of ketones is 1. The molecule has 0 saturated carbocycles. The minimum atomic E-state index is -2.13. The molecule has 94 valence electrons. The van der Waals surface area contributed by atoms with Gasteiger partial charge in [0, 0.05) is 0 Å². The van der Waals surface area contributed by atoms with Crippen LogP contribution in [0.5, 0.6) is 0 Å². The van der Waals surface area contributed by atoms with E-state index in [-0.39, 0.29) is 0 Å². The van der Waals surface area contributed by atoms with Crippen LogP contribution in [0.1, 0.15) is 6.42 Å². The zero-order valence-electron chi connectivity index (χ0n) is 8.22. The Labute approximate surface area is 90.4 Å². The fraction of sp³-hybridized carbons (Fsp3) is 0.750. The molecule has 0 fully saturated rings. The molecule has 4 atom stereocenters. The summed E-state index contributed by atoms with van der Waals surface area (Å²) in [6, 6.07) is 0. The predicted octanol–water partition coefficient (Wildman–Crippen LogP) is -3.53. The zero-order chi connectivity index (χ0) is 12.9. The molecule has 0 rings (SSSR count). The summed E-state index contributed by atoms with van der Waals surface area (Å²) in [7, 11) is 0. The van der Waals surface area contributed by atoms with E-state index in [1.807, 2.05) is 0 Å². The smallest absolute Gasteiger partial charge is 0.310 e. The standard InChI is InChI=1S/C8H14O8/c9-2-4(11)7(15)8(16)6(14)3(10)1-5(12)13/h4,6-9,11,14-16H,1-2H2,(H,12,13). The summed E-state index contributed by atoms with van der Waals surface area (Å²) in [4.78, 5) is 21.1. The number of carbonyl (C=O) groups excluding carboxylic acids is 1. The molecule has 0 aliphatic carbocycles. The molecule has 0 aromatic carbocycles.